The predicted molar refractivity (Wildman–Crippen MR) is 129 cm³/mol. The average molecular weight is 556 g/mol. The van der Waals surface area contributed by atoms with Crippen LogP contribution in [0.1, 0.15) is 19.4 Å². The van der Waals surface area contributed by atoms with Crippen LogP contribution >= 0.6 is 0 Å². The molecule has 196 valence electrons. The number of sulfonamides is 1. The highest BCUT2D eigenvalue weighted by molar-refractivity contribution is 7.93. The molecule has 0 heterocycles. The van der Waals surface area contributed by atoms with Gasteiger partial charge in [-0.3, -0.25) is 14.3 Å². The number of hydrogen-bond donors (Lipinski definition) is 3. The highest BCUT2D eigenvalue weighted by Gasteiger charge is 2.34. The SMILES string of the molecule is CC(=O)Nc1ccc(S(=O)(=O)Nc2ccc(C(F)(F)F)cc2S(=O)(=O)c2ccc(NC(C)=O)cc2)cc1. The number of carbonyl (C=O) groups is 2. The van der Waals surface area contributed by atoms with Crippen LogP contribution in [0.5, 0.6) is 0 Å². The molecule has 0 atom stereocenters. The first-order valence-corrected chi connectivity index (χ1v) is 13.3. The Morgan fingerprint density at radius 3 is 1.59 bits per heavy atom. The molecule has 0 aliphatic carbocycles. The third-order valence-electron chi connectivity index (χ3n) is 4.81. The third kappa shape index (κ3) is 6.65. The van der Waals surface area contributed by atoms with Crippen molar-refractivity contribution in [3.63, 3.8) is 0 Å². The van der Waals surface area contributed by atoms with E-state index >= 15 is 0 Å². The van der Waals surface area contributed by atoms with Gasteiger partial charge < -0.3 is 10.6 Å². The molecule has 0 bridgehead atoms. The number of nitrogens with one attached hydrogen (secondary N) is 3. The zero-order valence-electron chi connectivity index (χ0n) is 19.3. The lowest BCUT2D eigenvalue weighted by Gasteiger charge is -2.16. The molecule has 2 amide bonds. The largest absolute Gasteiger partial charge is 0.416 e. The standard InChI is InChI=1S/C23H20F3N3O6S2/c1-14(30)27-17-4-8-19(9-5-17)36(32,33)22-13-16(23(24,25)26)3-12-21(22)29-37(34,35)20-10-6-18(7-11-20)28-15(2)31/h3-13,29H,1-2H3,(H,27,30)(H,28,31). The first-order chi connectivity index (χ1) is 17.1. The number of rotatable bonds is 7. The van der Waals surface area contributed by atoms with Crippen LogP contribution in [0.15, 0.2) is 81.4 Å². The van der Waals surface area contributed by atoms with Crippen molar-refractivity contribution in [2.24, 2.45) is 0 Å². The van der Waals surface area contributed by atoms with Crippen molar-refractivity contribution < 1.29 is 39.6 Å². The molecule has 0 aromatic heterocycles. The van der Waals surface area contributed by atoms with Gasteiger partial charge >= 0.3 is 6.18 Å². The number of hydrogen-bond acceptors (Lipinski definition) is 6. The van der Waals surface area contributed by atoms with Crippen LogP contribution in [0, 0.1) is 0 Å². The van der Waals surface area contributed by atoms with Gasteiger partial charge in [0.05, 0.1) is 25.9 Å². The first kappa shape index (κ1) is 27.7. The van der Waals surface area contributed by atoms with Crippen molar-refractivity contribution in [2.45, 2.75) is 34.7 Å². The van der Waals surface area contributed by atoms with E-state index in [1.54, 1.807) is 0 Å². The van der Waals surface area contributed by atoms with Gasteiger partial charge in [-0.25, -0.2) is 16.8 Å². The van der Waals surface area contributed by atoms with E-state index in [4.69, 9.17) is 0 Å². The number of benzene rings is 3. The molecule has 37 heavy (non-hydrogen) atoms. The maximum atomic E-state index is 13.4. The highest BCUT2D eigenvalue weighted by atomic mass is 32.2. The third-order valence-corrected chi connectivity index (χ3v) is 8.00. The molecule has 9 nitrogen and oxygen atoms in total. The predicted octanol–water partition coefficient (Wildman–Crippen LogP) is 4.26. The monoisotopic (exact) mass is 555 g/mol. The van der Waals surface area contributed by atoms with E-state index in [1.165, 1.54) is 38.1 Å². The van der Waals surface area contributed by atoms with Crippen molar-refractivity contribution in [3.8, 4) is 0 Å². The number of amides is 2. The minimum absolute atomic E-state index is 0.249. The highest BCUT2D eigenvalue weighted by Crippen LogP contribution is 2.36. The minimum Gasteiger partial charge on any atom is -0.326 e. The smallest absolute Gasteiger partial charge is 0.326 e. The summed E-state index contributed by atoms with van der Waals surface area (Å²) in [6.45, 7) is 2.49. The summed E-state index contributed by atoms with van der Waals surface area (Å²) in [6.07, 6.45) is -4.91. The molecule has 0 fully saturated rings. The summed E-state index contributed by atoms with van der Waals surface area (Å²) in [7, 11) is -9.11. The maximum Gasteiger partial charge on any atom is 0.416 e. The van der Waals surface area contributed by atoms with Gasteiger partial charge in [0.2, 0.25) is 21.7 Å². The number of carbonyl (C=O) groups excluding carboxylic acids is 2. The van der Waals surface area contributed by atoms with E-state index in [-0.39, 0.29) is 10.6 Å². The lowest BCUT2D eigenvalue weighted by atomic mass is 10.2. The molecule has 0 aliphatic rings. The van der Waals surface area contributed by atoms with Gasteiger partial charge in [0.15, 0.2) is 0 Å². The molecule has 0 saturated carbocycles. The summed E-state index contributed by atoms with van der Waals surface area (Å²) >= 11 is 0. The second kappa shape index (κ2) is 10.2. The van der Waals surface area contributed by atoms with Gasteiger partial charge in [0.25, 0.3) is 10.0 Å². The first-order valence-electron chi connectivity index (χ1n) is 10.3. The molecular formula is C23H20F3N3O6S2. The van der Waals surface area contributed by atoms with Gasteiger partial charge in [0, 0.05) is 25.2 Å². The van der Waals surface area contributed by atoms with Crippen molar-refractivity contribution in [2.75, 3.05) is 15.4 Å². The van der Waals surface area contributed by atoms with Crippen LogP contribution in [0.3, 0.4) is 0 Å². The molecule has 0 spiro atoms. The Bertz CT molecular complexity index is 1550. The zero-order chi connectivity index (χ0) is 27.6. The summed E-state index contributed by atoms with van der Waals surface area (Å²) in [5.41, 5.74) is -1.36. The molecule has 14 heteroatoms. The van der Waals surface area contributed by atoms with Gasteiger partial charge in [-0.05, 0) is 66.7 Å². The Balaban J connectivity index is 2.07. The number of alkyl halides is 3. The molecule has 0 unspecified atom stereocenters. The van der Waals surface area contributed by atoms with Crippen LogP contribution in [-0.4, -0.2) is 28.6 Å². The average Bonchev–Trinajstić information content (AvgIpc) is 2.78. The van der Waals surface area contributed by atoms with Gasteiger partial charge in [0.1, 0.15) is 0 Å². The quantitative estimate of drug-likeness (QED) is 0.398. The van der Waals surface area contributed by atoms with Crippen LogP contribution in [0.25, 0.3) is 0 Å². The van der Waals surface area contributed by atoms with Crippen molar-refractivity contribution in [3.05, 3.63) is 72.3 Å². The van der Waals surface area contributed by atoms with E-state index in [0.29, 0.717) is 23.9 Å². The van der Waals surface area contributed by atoms with E-state index in [2.05, 4.69) is 10.6 Å². The fourth-order valence-electron chi connectivity index (χ4n) is 3.18. The maximum absolute atomic E-state index is 13.4. The van der Waals surface area contributed by atoms with Crippen LogP contribution in [0.2, 0.25) is 0 Å². The minimum atomic E-state index is -4.91. The Kier molecular flexibility index (Phi) is 7.64. The number of halogens is 3. The second-order valence-electron chi connectivity index (χ2n) is 7.73. The summed E-state index contributed by atoms with van der Waals surface area (Å²) in [5, 5.41) is 4.88. The van der Waals surface area contributed by atoms with E-state index in [1.807, 2.05) is 4.72 Å². The van der Waals surface area contributed by atoms with Gasteiger partial charge in [-0.15, -0.1) is 0 Å². The van der Waals surface area contributed by atoms with Gasteiger partial charge in [-0.2, -0.15) is 13.2 Å². The van der Waals surface area contributed by atoms with Crippen molar-refractivity contribution in [1.29, 1.82) is 0 Å². The van der Waals surface area contributed by atoms with E-state index in [0.717, 1.165) is 24.3 Å². The lowest BCUT2D eigenvalue weighted by molar-refractivity contribution is -0.137. The van der Waals surface area contributed by atoms with E-state index in [9.17, 15) is 39.6 Å². The molecule has 3 aromatic carbocycles. The summed E-state index contributed by atoms with van der Waals surface area (Å²) < 4.78 is 94.7. The van der Waals surface area contributed by atoms with Crippen molar-refractivity contribution >= 4 is 48.7 Å². The van der Waals surface area contributed by atoms with E-state index < -0.39 is 58.9 Å². The summed E-state index contributed by atoms with van der Waals surface area (Å²) in [5.74, 6) is -0.811. The fraction of sp³-hybridized carbons (Fsp3) is 0.130. The number of sulfone groups is 1. The fourth-order valence-corrected chi connectivity index (χ4v) is 5.76. The topological polar surface area (TPSA) is 139 Å². The molecule has 3 N–H and O–H groups in total. The van der Waals surface area contributed by atoms with Gasteiger partial charge in [-0.1, -0.05) is 0 Å². The molecular weight excluding hydrogens is 535 g/mol. The molecule has 0 radical (unpaired) electrons. The molecule has 3 aromatic rings. The zero-order valence-corrected chi connectivity index (χ0v) is 20.9. The molecule has 0 saturated heterocycles. The Morgan fingerprint density at radius 1 is 0.703 bits per heavy atom. The van der Waals surface area contributed by atoms with Crippen molar-refractivity contribution in [1.82, 2.24) is 0 Å². The Morgan fingerprint density at radius 2 is 1.16 bits per heavy atom. The lowest BCUT2D eigenvalue weighted by Crippen LogP contribution is -2.17. The second-order valence-corrected chi connectivity index (χ2v) is 11.3. The summed E-state index contributed by atoms with van der Waals surface area (Å²) in [4.78, 5) is 20.7. The van der Waals surface area contributed by atoms with Crippen LogP contribution in [-0.2, 0) is 35.6 Å². The Hall–Kier alpha value is -3.91. The molecule has 3 rings (SSSR count). The van der Waals surface area contributed by atoms with Crippen LogP contribution < -0.4 is 15.4 Å². The van der Waals surface area contributed by atoms with Crippen LogP contribution in [0.4, 0.5) is 30.2 Å². The number of anilines is 3. The molecule has 0 aliphatic heterocycles. The Labute approximate surface area is 210 Å². The summed E-state index contributed by atoms with van der Waals surface area (Å²) in [6, 6.07) is 11.1. The normalized spacial score (nSPS) is 12.0.